The van der Waals surface area contributed by atoms with Gasteiger partial charge < -0.3 is 19.5 Å². The van der Waals surface area contributed by atoms with Crippen molar-refractivity contribution in [3.8, 4) is 17.2 Å². The molecule has 0 fully saturated rings. The van der Waals surface area contributed by atoms with Crippen molar-refractivity contribution >= 4 is 29.3 Å². The van der Waals surface area contributed by atoms with E-state index in [1.807, 2.05) is 32.0 Å². The van der Waals surface area contributed by atoms with Gasteiger partial charge in [-0.25, -0.2) is 0 Å². The van der Waals surface area contributed by atoms with E-state index in [0.717, 1.165) is 5.56 Å². The number of rotatable bonds is 7. The summed E-state index contributed by atoms with van der Waals surface area (Å²) in [5.41, 5.74) is 1.41. The van der Waals surface area contributed by atoms with E-state index >= 15 is 0 Å². The minimum atomic E-state index is -0.271. The summed E-state index contributed by atoms with van der Waals surface area (Å²) in [6, 6.07) is 10.5. The van der Waals surface area contributed by atoms with E-state index in [2.05, 4.69) is 5.32 Å². The van der Waals surface area contributed by atoms with Crippen LogP contribution >= 0.6 is 11.6 Å². The quantitative estimate of drug-likeness (QED) is 0.706. The molecule has 0 heterocycles. The number of methoxy groups -OCH3 is 2. The molecule has 0 bridgehead atoms. The van der Waals surface area contributed by atoms with Gasteiger partial charge >= 0.3 is 0 Å². The predicted octanol–water partition coefficient (Wildman–Crippen LogP) is 4.80. The largest absolute Gasteiger partial charge is 0.495 e. The molecule has 26 heavy (non-hydrogen) atoms. The number of anilines is 1. The summed E-state index contributed by atoms with van der Waals surface area (Å²) < 4.78 is 16.1. The van der Waals surface area contributed by atoms with Crippen LogP contribution < -0.4 is 19.5 Å². The molecule has 2 rings (SSSR count). The van der Waals surface area contributed by atoms with Crippen molar-refractivity contribution in [2.75, 3.05) is 19.5 Å². The fraction of sp³-hybridized carbons (Fsp3) is 0.250. The Labute approximate surface area is 158 Å². The fourth-order valence-electron chi connectivity index (χ4n) is 2.24. The molecule has 1 amide bonds. The molecule has 0 aliphatic heterocycles. The van der Waals surface area contributed by atoms with Gasteiger partial charge in [0.2, 0.25) is 5.91 Å². The second kappa shape index (κ2) is 9.15. The Kier molecular flexibility index (Phi) is 6.92. The summed E-state index contributed by atoms with van der Waals surface area (Å²) in [7, 11) is 3.12. The lowest BCUT2D eigenvalue weighted by atomic mass is 10.2. The van der Waals surface area contributed by atoms with E-state index in [9.17, 15) is 4.79 Å². The molecule has 138 valence electrons. The summed E-state index contributed by atoms with van der Waals surface area (Å²) in [6.45, 7) is 3.89. The topological polar surface area (TPSA) is 56.8 Å². The van der Waals surface area contributed by atoms with Crippen molar-refractivity contribution < 1.29 is 19.0 Å². The van der Waals surface area contributed by atoms with Gasteiger partial charge in [0.15, 0.2) is 11.5 Å². The molecule has 2 aromatic rings. The Morgan fingerprint density at radius 2 is 1.73 bits per heavy atom. The first kappa shape index (κ1) is 19.7. The number of carbonyl (C=O) groups is 1. The zero-order chi connectivity index (χ0) is 19.1. The molecule has 0 atom stereocenters. The monoisotopic (exact) mass is 375 g/mol. The maximum absolute atomic E-state index is 12.1. The van der Waals surface area contributed by atoms with Crippen LogP contribution in [0.1, 0.15) is 19.4 Å². The van der Waals surface area contributed by atoms with E-state index in [-0.39, 0.29) is 12.0 Å². The number of benzene rings is 2. The molecule has 0 unspecified atom stereocenters. The average molecular weight is 376 g/mol. The Morgan fingerprint density at radius 3 is 2.35 bits per heavy atom. The molecule has 0 spiro atoms. The minimum absolute atomic E-state index is 0.0485. The molecule has 0 aliphatic rings. The van der Waals surface area contributed by atoms with E-state index in [4.69, 9.17) is 25.8 Å². The first-order chi connectivity index (χ1) is 12.4. The van der Waals surface area contributed by atoms with E-state index in [1.165, 1.54) is 13.2 Å². The molecule has 0 saturated heterocycles. The van der Waals surface area contributed by atoms with Gasteiger partial charge in [-0.2, -0.15) is 0 Å². The van der Waals surface area contributed by atoms with Crippen molar-refractivity contribution in [2.45, 2.75) is 20.0 Å². The second-order valence-electron chi connectivity index (χ2n) is 5.75. The molecule has 6 heteroatoms. The van der Waals surface area contributed by atoms with Gasteiger partial charge in [-0.1, -0.05) is 17.7 Å². The Hall–Kier alpha value is -2.66. The van der Waals surface area contributed by atoms with Gasteiger partial charge in [0.05, 0.1) is 25.3 Å². The highest BCUT2D eigenvalue weighted by molar-refractivity contribution is 6.32. The van der Waals surface area contributed by atoms with Crippen LogP contribution in [0.3, 0.4) is 0 Å². The molecular weight excluding hydrogens is 354 g/mol. The third-order valence-corrected chi connectivity index (χ3v) is 3.69. The number of carbonyl (C=O) groups excluding carboxylic acids is 1. The van der Waals surface area contributed by atoms with Crippen LogP contribution in [0.5, 0.6) is 17.2 Å². The smallest absolute Gasteiger partial charge is 0.248 e. The summed E-state index contributed by atoms with van der Waals surface area (Å²) in [5.74, 6) is 1.56. The zero-order valence-electron chi connectivity index (χ0n) is 15.2. The summed E-state index contributed by atoms with van der Waals surface area (Å²) in [6.07, 6.45) is 3.19. The predicted molar refractivity (Wildman–Crippen MR) is 104 cm³/mol. The number of halogens is 1. The lowest BCUT2D eigenvalue weighted by molar-refractivity contribution is -0.111. The van der Waals surface area contributed by atoms with Crippen LogP contribution in [0.25, 0.3) is 6.08 Å². The third kappa shape index (κ3) is 5.43. The highest BCUT2D eigenvalue weighted by atomic mass is 35.5. The molecule has 2 aromatic carbocycles. The van der Waals surface area contributed by atoms with Gasteiger partial charge in [0.1, 0.15) is 5.75 Å². The Bertz CT molecular complexity index is 802. The number of nitrogens with one attached hydrogen (secondary N) is 1. The normalized spacial score (nSPS) is 10.8. The van der Waals surface area contributed by atoms with E-state index in [0.29, 0.717) is 28.0 Å². The zero-order valence-corrected chi connectivity index (χ0v) is 16.0. The minimum Gasteiger partial charge on any atom is -0.495 e. The lowest BCUT2D eigenvalue weighted by Gasteiger charge is -2.13. The standard InChI is InChI=1S/C20H22ClNO4/c1-13(2)26-18-8-5-14(11-19(18)25-4)6-10-20(23)22-15-7-9-17(24-3)16(21)12-15/h5-13H,1-4H3,(H,22,23). The van der Waals surface area contributed by atoms with Crippen LogP contribution in [0, 0.1) is 0 Å². The van der Waals surface area contributed by atoms with Gasteiger partial charge in [-0.05, 0) is 55.8 Å². The van der Waals surface area contributed by atoms with E-state index < -0.39 is 0 Å². The van der Waals surface area contributed by atoms with Crippen molar-refractivity contribution in [2.24, 2.45) is 0 Å². The molecule has 5 nitrogen and oxygen atoms in total. The van der Waals surface area contributed by atoms with Gasteiger partial charge in [0.25, 0.3) is 0 Å². The number of ether oxygens (including phenoxy) is 3. The van der Waals surface area contributed by atoms with Gasteiger partial charge in [-0.15, -0.1) is 0 Å². The Morgan fingerprint density at radius 1 is 1.04 bits per heavy atom. The van der Waals surface area contributed by atoms with Crippen molar-refractivity contribution in [1.82, 2.24) is 0 Å². The summed E-state index contributed by atoms with van der Waals surface area (Å²) >= 11 is 6.05. The molecule has 1 N–H and O–H groups in total. The fourth-order valence-corrected chi connectivity index (χ4v) is 2.50. The maximum atomic E-state index is 12.1. The van der Waals surface area contributed by atoms with E-state index in [1.54, 1.807) is 31.4 Å². The van der Waals surface area contributed by atoms with Crippen molar-refractivity contribution in [3.63, 3.8) is 0 Å². The first-order valence-electron chi connectivity index (χ1n) is 8.10. The van der Waals surface area contributed by atoms with Crippen LogP contribution in [-0.2, 0) is 4.79 Å². The van der Waals surface area contributed by atoms with Gasteiger partial charge in [0, 0.05) is 11.8 Å². The van der Waals surface area contributed by atoms with Crippen LogP contribution in [-0.4, -0.2) is 26.2 Å². The third-order valence-electron chi connectivity index (χ3n) is 3.40. The highest BCUT2D eigenvalue weighted by Crippen LogP contribution is 2.29. The molecular formula is C20H22ClNO4. The second-order valence-corrected chi connectivity index (χ2v) is 6.16. The van der Waals surface area contributed by atoms with Crippen molar-refractivity contribution in [3.05, 3.63) is 53.1 Å². The summed E-state index contributed by atoms with van der Waals surface area (Å²) in [4.78, 5) is 12.1. The molecule has 0 aromatic heterocycles. The maximum Gasteiger partial charge on any atom is 0.248 e. The van der Waals surface area contributed by atoms with Gasteiger partial charge in [-0.3, -0.25) is 4.79 Å². The first-order valence-corrected chi connectivity index (χ1v) is 8.48. The average Bonchev–Trinajstić information content (AvgIpc) is 2.60. The number of hydrogen-bond acceptors (Lipinski definition) is 4. The molecule has 0 aliphatic carbocycles. The Balaban J connectivity index is 2.06. The molecule has 0 radical (unpaired) electrons. The van der Waals surface area contributed by atoms with Crippen molar-refractivity contribution in [1.29, 1.82) is 0 Å². The highest BCUT2D eigenvalue weighted by Gasteiger charge is 2.07. The van der Waals surface area contributed by atoms with Crippen LogP contribution in [0.15, 0.2) is 42.5 Å². The molecule has 0 saturated carbocycles. The summed E-state index contributed by atoms with van der Waals surface area (Å²) in [5, 5.41) is 3.18. The number of amides is 1. The SMILES string of the molecule is COc1ccc(NC(=O)C=Cc2ccc(OC(C)C)c(OC)c2)cc1Cl. The van der Waals surface area contributed by atoms with Crippen LogP contribution in [0.2, 0.25) is 5.02 Å². The number of hydrogen-bond donors (Lipinski definition) is 1. The lowest BCUT2D eigenvalue weighted by Crippen LogP contribution is -2.08. The van der Waals surface area contributed by atoms with Crippen LogP contribution in [0.4, 0.5) is 5.69 Å².